The fourth-order valence-corrected chi connectivity index (χ4v) is 3.85. The normalized spacial score (nSPS) is 35.7. The van der Waals surface area contributed by atoms with Gasteiger partial charge in [-0.05, 0) is 44.1 Å². The Bertz CT molecular complexity index is 280. The molecule has 1 N–H and O–H groups in total. The zero-order chi connectivity index (χ0) is 13.9. The third-order valence-corrected chi connectivity index (χ3v) is 4.90. The number of rotatable bonds is 5. The van der Waals surface area contributed by atoms with Gasteiger partial charge in [-0.25, -0.2) is 0 Å². The summed E-state index contributed by atoms with van der Waals surface area (Å²) in [7, 11) is 0. The van der Waals surface area contributed by atoms with Crippen molar-refractivity contribution >= 4 is 0 Å². The van der Waals surface area contributed by atoms with Crippen LogP contribution in [0.2, 0.25) is 0 Å². The molecule has 0 aromatic carbocycles. The van der Waals surface area contributed by atoms with Crippen molar-refractivity contribution in [3.05, 3.63) is 0 Å². The molecule has 0 aromatic rings. The third kappa shape index (κ3) is 3.93. The first-order valence-electron chi connectivity index (χ1n) is 8.10. The zero-order valence-electron chi connectivity index (χ0n) is 13.2. The number of nitrogens with one attached hydrogen (secondary N) is 1. The first-order valence-corrected chi connectivity index (χ1v) is 8.10. The van der Waals surface area contributed by atoms with Gasteiger partial charge in [0.05, 0.1) is 12.7 Å². The minimum Gasteiger partial charge on any atom is -0.376 e. The molecule has 1 aliphatic heterocycles. The van der Waals surface area contributed by atoms with Crippen LogP contribution in [0.4, 0.5) is 0 Å². The van der Waals surface area contributed by atoms with E-state index < -0.39 is 0 Å². The molecule has 1 saturated carbocycles. The molecule has 3 nitrogen and oxygen atoms in total. The summed E-state index contributed by atoms with van der Waals surface area (Å²) < 4.78 is 5.65. The van der Waals surface area contributed by atoms with Crippen LogP contribution in [0.1, 0.15) is 47.0 Å². The molecular weight excluding hydrogens is 236 g/mol. The molecule has 1 aliphatic carbocycles. The SMILES string of the molecule is CCCNC1C(CN2CCOC(C)C2)CCC1(C)C. The van der Waals surface area contributed by atoms with Gasteiger partial charge in [-0.3, -0.25) is 4.90 Å². The second-order valence-corrected chi connectivity index (χ2v) is 7.16. The Morgan fingerprint density at radius 3 is 2.84 bits per heavy atom. The van der Waals surface area contributed by atoms with E-state index in [9.17, 15) is 0 Å². The van der Waals surface area contributed by atoms with Crippen LogP contribution in [0.3, 0.4) is 0 Å². The van der Waals surface area contributed by atoms with E-state index in [0.29, 0.717) is 17.6 Å². The fraction of sp³-hybridized carbons (Fsp3) is 1.00. The van der Waals surface area contributed by atoms with Gasteiger partial charge in [0.2, 0.25) is 0 Å². The zero-order valence-corrected chi connectivity index (χ0v) is 13.2. The summed E-state index contributed by atoms with van der Waals surface area (Å²) in [6.45, 7) is 14.8. The summed E-state index contributed by atoms with van der Waals surface area (Å²) in [5.74, 6) is 0.812. The van der Waals surface area contributed by atoms with E-state index in [1.807, 2.05) is 0 Å². The van der Waals surface area contributed by atoms with Crippen molar-refractivity contribution in [2.24, 2.45) is 11.3 Å². The topological polar surface area (TPSA) is 24.5 Å². The van der Waals surface area contributed by atoms with E-state index in [0.717, 1.165) is 32.2 Å². The lowest BCUT2D eigenvalue weighted by molar-refractivity contribution is -0.0246. The smallest absolute Gasteiger partial charge is 0.0674 e. The van der Waals surface area contributed by atoms with E-state index in [2.05, 4.69) is 37.9 Å². The highest BCUT2D eigenvalue weighted by atomic mass is 16.5. The van der Waals surface area contributed by atoms with Gasteiger partial charge in [0, 0.05) is 25.7 Å². The van der Waals surface area contributed by atoms with Crippen LogP contribution in [0.5, 0.6) is 0 Å². The molecule has 0 amide bonds. The minimum absolute atomic E-state index is 0.408. The van der Waals surface area contributed by atoms with Gasteiger partial charge in [-0.2, -0.15) is 0 Å². The van der Waals surface area contributed by atoms with Gasteiger partial charge in [0.15, 0.2) is 0 Å². The summed E-state index contributed by atoms with van der Waals surface area (Å²) in [4.78, 5) is 2.61. The Labute approximate surface area is 119 Å². The molecule has 3 unspecified atom stereocenters. The number of morpholine rings is 1. The Kier molecular flexibility index (Phi) is 5.27. The van der Waals surface area contributed by atoms with Crippen molar-refractivity contribution in [1.82, 2.24) is 10.2 Å². The van der Waals surface area contributed by atoms with E-state index >= 15 is 0 Å². The van der Waals surface area contributed by atoms with Crippen LogP contribution in [0.15, 0.2) is 0 Å². The highest BCUT2D eigenvalue weighted by Crippen LogP contribution is 2.41. The van der Waals surface area contributed by atoms with Crippen LogP contribution in [-0.2, 0) is 4.74 Å². The van der Waals surface area contributed by atoms with Gasteiger partial charge < -0.3 is 10.1 Å². The van der Waals surface area contributed by atoms with Gasteiger partial charge in [0.25, 0.3) is 0 Å². The molecule has 2 rings (SSSR count). The number of hydrogen-bond acceptors (Lipinski definition) is 3. The second kappa shape index (κ2) is 6.55. The van der Waals surface area contributed by atoms with Crippen LogP contribution in [0.25, 0.3) is 0 Å². The summed E-state index contributed by atoms with van der Waals surface area (Å²) in [6.07, 6.45) is 4.37. The van der Waals surface area contributed by atoms with Crippen molar-refractivity contribution in [3.63, 3.8) is 0 Å². The molecule has 0 aromatic heterocycles. The number of nitrogens with zero attached hydrogens (tertiary/aromatic N) is 1. The van der Waals surface area contributed by atoms with Gasteiger partial charge in [0.1, 0.15) is 0 Å². The summed E-state index contributed by atoms with van der Waals surface area (Å²) in [5.41, 5.74) is 0.456. The molecular formula is C16H32N2O. The lowest BCUT2D eigenvalue weighted by atomic mass is 9.84. The molecule has 0 bridgehead atoms. The number of hydrogen-bond donors (Lipinski definition) is 1. The number of ether oxygens (including phenoxy) is 1. The Hall–Kier alpha value is -0.120. The first-order chi connectivity index (χ1) is 9.03. The van der Waals surface area contributed by atoms with Gasteiger partial charge >= 0.3 is 0 Å². The Morgan fingerprint density at radius 2 is 2.16 bits per heavy atom. The Morgan fingerprint density at radius 1 is 1.37 bits per heavy atom. The van der Waals surface area contributed by atoms with Crippen molar-refractivity contribution < 1.29 is 4.74 Å². The van der Waals surface area contributed by atoms with E-state index in [1.54, 1.807) is 0 Å². The molecule has 1 saturated heterocycles. The predicted molar refractivity (Wildman–Crippen MR) is 80.4 cm³/mol. The lowest BCUT2D eigenvalue weighted by Crippen LogP contribution is -2.49. The molecule has 1 heterocycles. The largest absolute Gasteiger partial charge is 0.376 e. The Balaban J connectivity index is 1.90. The maximum Gasteiger partial charge on any atom is 0.0674 e. The average Bonchev–Trinajstić information content (AvgIpc) is 2.62. The highest BCUT2D eigenvalue weighted by Gasteiger charge is 2.42. The molecule has 0 spiro atoms. The first kappa shape index (κ1) is 15.3. The quantitative estimate of drug-likeness (QED) is 0.829. The second-order valence-electron chi connectivity index (χ2n) is 7.16. The van der Waals surface area contributed by atoms with E-state index in [4.69, 9.17) is 4.74 Å². The highest BCUT2D eigenvalue weighted by molar-refractivity contribution is 4.97. The standard InChI is InChI=1S/C16H32N2O/c1-5-8-17-15-14(6-7-16(15,3)4)12-18-9-10-19-13(2)11-18/h13-15,17H,5-12H2,1-4H3. The average molecular weight is 268 g/mol. The van der Waals surface area contributed by atoms with Crippen molar-refractivity contribution in [2.75, 3.05) is 32.8 Å². The summed E-state index contributed by atoms with van der Waals surface area (Å²) in [5, 5.41) is 3.81. The van der Waals surface area contributed by atoms with Crippen LogP contribution < -0.4 is 5.32 Å². The summed E-state index contributed by atoms with van der Waals surface area (Å²) in [6, 6.07) is 0.686. The van der Waals surface area contributed by atoms with Crippen LogP contribution >= 0.6 is 0 Å². The molecule has 3 heteroatoms. The van der Waals surface area contributed by atoms with E-state index in [-0.39, 0.29) is 0 Å². The minimum atomic E-state index is 0.408. The molecule has 0 radical (unpaired) electrons. The van der Waals surface area contributed by atoms with Crippen LogP contribution in [0, 0.1) is 11.3 Å². The molecule has 2 fully saturated rings. The van der Waals surface area contributed by atoms with Crippen molar-refractivity contribution in [3.8, 4) is 0 Å². The molecule has 19 heavy (non-hydrogen) atoms. The molecule has 112 valence electrons. The monoisotopic (exact) mass is 268 g/mol. The predicted octanol–water partition coefficient (Wildman–Crippen LogP) is 2.51. The third-order valence-electron chi connectivity index (χ3n) is 4.90. The molecule has 3 atom stereocenters. The van der Waals surface area contributed by atoms with Gasteiger partial charge in [-0.15, -0.1) is 0 Å². The van der Waals surface area contributed by atoms with Gasteiger partial charge in [-0.1, -0.05) is 20.8 Å². The fourth-order valence-electron chi connectivity index (χ4n) is 3.85. The summed E-state index contributed by atoms with van der Waals surface area (Å²) >= 11 is 0. The maximum atomic E-state index is 5.65. The van der Waals surface area contributed by atoms with Crippen molar-refractivity contribution in [1.29, 1.82) is 0 Å². The van der Waals surface area contributed by atoms with Crippen LogP contribution in [-0.4, -0.2) is 49.8 Å². The maximum absolute atomic E-state index is 5.65. The lowest BCUT2D eigenvalue weighted by Gasteiger charge is -2.37. The van der Waals surface area contributed by atoms with E-state index in [1.165, 1.54) is 25.8 Å². The van der Waals surface area contributed by atoms with Crippen molar-refractivity contribution in [2.45, 2.75) is 59.1 Å². The molecule has 2 aliphatic rings.